The molecule has 0 atom stereocenters. The largest absolute Gasteiger partial charge is 0.385 e. The molecule has 4 aromatic rings. The highest BCUT2D eigenvalue weighted by Gasteiger charge is 2.44. The second-order valence-electron chi connectivity index (χ2n) is 9.93. The van der Waals surface area contributed by atoms with Crippen LogP contribution in [0.2, 0.25) is 0 Å². The van der Waals surface area contributed by atoms with Gasteiger partial charge in [-0.15, -0.1) is 0 Å². The lowest BCUT2D eigenvalue weighted by molar-refractivity contribution is 0.00586. The number of hydrogen-bond donors (Lipinski definition) is 2. The van der Waals surface area contributed by atoms with Crippen molar-refractivity contribution in [2.24, 2.45) is 0 Å². The van der Waals surface area contributed by atoms with Crippen molar-refractivity contribution in [3.05, 3.63) is 143 Å². The number of hydrogen-bond acceptors (Lipinski definition) is 3. The summed E-state index contributed by atoms with van der Waals surface area (Å²) in [4.78, 5) is 2.61. The number of piperidine rings is 1. The summed E-state index contributed by atoms with van der Waals surface area (Å²) in [6.07, 6.45) is 1.52. The maximum Gasteiger partial charge on any atom is 0.0978 e. The SMILES string of the molecule is OC1(c2ccc3c(c2)CN(C(c2ccccc2)(c2ccccc2)c2ccccc2)C3)CCNCC1. The Kier molecular flexibility index (Phi) is 5.77. The topological polar surface area (TPSA) is 35.5 Å². The van der Waals surface area contributed by atoms with E-state index in [0.717, 1.165) is 44.6 Å². The van der Waals surface area contributed by atoms with Gasteiger partial charge in [0.25, 0.3) is 0 Å². The van der Waals surface area contributed by atoms with Gasteiger partial charge < -0.3 is 10.4 Å². The minimum absolute atomic E-state index is 0.422. The summed E-state index contributed by atoms with van der Waals surface area (Å²) >= 11 is 0. The lowest BCUT2D eigenvalue weighted by Gasteiger charge is -2.43. The molecule has 3 nitrogen and oxygen atoms in total. The van der Waals surface area contributed by atoms with Gasteiger partial charge in [-0.25, -0.2) is 0 Å². The van der Waals surface area contributed by atoms with Gasteiger partial charge in [-0.2, -0.15) is 0 Å². The molecule has 176 valence electrons. The molecule has 35 heavy (non-hydrogen) atoms. The molecule has 2 heterocycles. The molecule has 1 fully saturated rings. The fourth-order valence-corrected chi connectivity index (χ4v) is 6.14. The van der Waals surface area contributed by atoms with Crippen molar-refractivity contribution >= 4 is 0 Å². The van der Waals surface area contributed by atoms with E-state index < -0.39 is 11.1 Å². The van der Waals surface area contributed by atoms with Crippen molar-refractivity contribution in [2.45, 2.75) is 37.1 Å². The Bertz CT molecular complexity index is 1180. The van der Waals surface area contributed by atoms with Gasteiger partial charge in [0.2, 0.25) is 0 Å². The molecule has 0 saturated carbocycles. The van der Waals surface area contributed by atoms with Gasteiger partial charge >= 0.3 is 0 Å². The van der Waals surface area contributed by atoms with Crippen LogP contribution in [-0.4, -0.2) is 23.1 Å². The van der Waals surface area contributed by atoms with E-state index in [9.17, 15) is 5.11 Å². The summed E-state index contributed by atoms with van der Waals surface area (Å²) in [5, 5.41) is 14.8. The van der Waals surface area contributed by atoms with E-state index in [2.05, 4.69) is 119 Å². The first-order valence-electron chi connectivity index (χ1n) is 12.7. The summed E-state index contributed by atoms with van der Waals surface area (Å²) in [5.41, 5.74) is 6.37. The van der Waals surface area contributed by atoms with Crippen LogP contribution in [0.1, 0.15) is 46.2 Å². The molecule has 2 aliphatic rings. The predicted octanol–water partition coefficient (Wildman–Crippen LogP) is 5.57. The molecule has 0 radical (unpaired) electrons. The van der Waals surface area contributed by atoms with E-state index in [0.29, 0.717) is 0 Å². The molecule has 6 rings (SSSR count). The number of nitrogens with one attached hydrogen (secondary N) is 1. The first kappa shape index (κ1) is 22.2. The molecule has 0 bridgehead atoms. The highest BCUT2D eigenvalue weighted by Crippen LogP contribution is 2.46. The van der Waals surface area contributed by atoms with Crippen LogP contribution in [0, 0.1) is 0 Å². The quantitative estimate of drug-likeness (QED) is 0.383. The maximum absolute atomic E-state index is 11.4. The van der Waals surface area contributed by atoms with Crippen molar-refractivity contribution in [1.29, 1.82) is 0 Å². The van der Waals surface area contributed by atoms with Crippen LogP contribution in [0.5, 0.6) is 0 Å². The van der Waals surface area contributed by atoms with E-state index in [-0.39, 0.29) is 0 Å². The molecule has 0 spiro atoms. The van der Waals surface area contributed by atoms with Gasteiger partial charge in [0, 0.05) is 13.1 Å². The minimum Gasteiger partial charge on any atom is -0.385 e. The molecule has 3 heteroatoms. The van der Waals surface area contributed by atoms with E-state index >= 15 is 0 Å². The van der Waals surface area contributed by atoms with Gasteiger partial charge in [-0.3, -0.25) is 4.90 Å². The summed E-state index contributed by atoms with van der Waals surface area (Å²) in [6.45, 7) is 3.40. The van der Waals surface area contributed by atoms with Gasteiger partial charge in [0.05, 0.1) is 11.1 Å². The van der Waals surface area contributed by atoms with Gasteiger partial charge in [-0.1, -0.05) is 109 Å². The molecular formula is C32H32N2O. The third kappa shape index (κ3) is 3.81. The zero-order chi connectivity index (χ0) is 23.7. The third-order valence-electron chi connectivity index (χ3n) is 7.95. The van der Waals surface area contributed by atoms with E-state index in [1.54, 1.807) is 0 Å². The molecular weight excluding hydrogens is 428 g/mol. The molecule has 2 N–H and O–H groups in total. The van der Waals surface area contributed by atoms with Crippen molar-refractivity contribution in [2.75, 3.05) is 13.1 Å². The van der Waals surface area contributed by atoms with Gasteiger partial charge in [0.1, 0.15) is 0 Å². The summed E-state index contributed by atoms with van der Waals surface area (Å²) < 4.78 is 0. The summed E-state index contributed by atoms with van der Waals surface area (Å²) in [7, 11) is 0. The van der Waals surface area contributed by atoms with Crippen molar-refractivity contribution in [1.82, 2.24) is 10.2 Å². The van der Waals surface area contributed by atoms with Crippen molar-refractivity contribution in [3.8, 4) is 0 Å². The third-order valence-corrected chi connectivity index (χ3v) is 7.95. The zero-order valence-electron chi connectivity index (χ0n) is 20.0. The van der Waals surface area contributed by atoms with Crippen molar-refractivity contribution < 1.29 is 5.11 Å². The van der Waals surface area contributed by atoms with Crippen LogP contribution in [0.15, 0.2) is 109 Å². The Balaban J connectivity index is 1.49. The molecule has 0 aliphatic carbocycles. The van der Waals surface area contributed by atoms with Crippen LogP contribution in [0.4, 0.5) is 0 Å². The minimum atomic E-state index is -0.733. The first-order valence-corrected chi connectivity index (χ1v) is 12.7. The van der Waals surface area contributed by atoms with Crippen LogP contribution >= 0.6 is 0 Å². The fraction of sp³-hybridized carbons (Fsp3) is 0.250. The van der Waals surface area contributed by atoms with Gasteiger partial charge in [-0.05, 0) is 59.3 Å². The summed E-state index contributed by atoms with van der Waals surface area (Å²) in [6, 6.07) is 39.3. The molecule has 2 aliphatic heterocycles. The predicted molar refractivity (Wildman–Crippen MR) is 141 cm³/mol. The highest BCUT2D eigenvalue weighted by atomic mass is 16.3. The van der Waals surface area contributed by atoms with Crippen LogP contribution in [-0.2, 0) is 24.2 Å². The van der Waals surface area contributed by atoms with E-state index in [1.165, 1.54) is 27.8 Å². The van der Waals surface area contributed by atoms with Crippen molar-refractivity contribution in [3.63, 3.8) is 0 Å². The average Bonchev–Trinajstić information content (AvgIpc) is 3.35. The second kappa shape index (κ2) is 9.09. The zero-order valence-corrected chi connectivity index (χ0v) is 20.0. The lowest BCUT2D eigenvalue weighted by atomic mass is 9.75. The number of rotatable bonds is 5. The Morgan fingerprint density at radius 3 is 1.63 bits per heavy atom. The summed E-state index contributed by atoms with van der Waals surface area (Å²) in [5.74, 6) is 0. The number of fused-ring (bicyclic) bond motifs is 1. The molecule has 0 amide bonds. The van der Waals surface area contributed by atoms with Crippen LogP contribution < -0.4 is 5.32 Å². The Morgan fingerprint density at radius 1 is 0.629 bits per heavy atom. The molecule has 1 saturated heterocycles. The maximum atomic E-state index is 11.4. The van der Waals surface area contributed by atoms with E-state index in [1.807, 2.05) is 0 Å². The standard InChI is InChI=1S/C32H32N2O/c35-31(18-20-33-21-19-31)30-17-16-25-23-34(24-26(25)22-30)32(27-10-4-1-5-11-27,28-12-6-2-7-13-28)29-14-8-3-9-15-29/h1-17,22,33,35H,18-21,23-24H2. The monoisotopic (exact) mass is 460 g/mol. The first-order chi connectivity index (χ1) is 17.2. The Morgan fingerprint density at radius 2 is 1.11 bits per heavy atom. The van der Waals surface area contributed by atoms with E-state index in [4.69, 9.17) is 0 Å². The number of benzene rings is 4. The second-order valence-corrected chi connectivity index (χ2v) is 9.93. The normalized spacial score (nSPS) is 17.7. The van der Waals surface area contributed by atoms with Crippen LogP contribution in [0.3, 0.4) is 0 Å². The number of aliphatic hydroxyl groups is 1. The Hall–Kier alpha value is -3.24. The Labute approximate surface area is 208 Å². The van der Waals surface area contributed by atoms with Crippen LogP contribution in [0.25, 0.3) is 0 Å². The molecule has 0 aromatic heterocycles. The lowest BCUT2D eigenvalue weighted by Crippen LogP contribution is -2.45. The fourth-order valence-electron chi connectivity index (χ4n) is 6.14. The smallest absolute Gasteiger partial charge is 0.0978 e. The number of nitrogens with zero attached hydrogens (tertiary/aromatic N) is 1. The molecule has 0 unspecified atom stereocenters. The van der Waals surface area contributed by atoms with Gasteiger partial charge in [0.15, 0.2) is 0 Å². The highest BCUT2D eigenvalue weighted by molar-refractivity contribution is 5.51. The molecule has 4 aromatic carbocycles. The average molecular weight is 461 g/mol.